The van der Waals surface area contributed by atoms with Crippen molar-refractivity contribution in [2.75, 3.05) is 11.9 Å². The molecule has 0 unspecified atom stereocenters. The lowest BCUT2D eigenvalue weighted by Gasteiger charge is -2.26. The first-order valence-corrected chi connectivity index (χ1v) is 12.3. The Morgan fingerprint density at radius 3 is 2.26 bits per heavy atom. The van der Waals surface area contributed by atoms with Crippen LogP contribution in [0.1, 0.15) is 50.7 Å². The minimum atomic E-state index is -0.333. The molecule has 0 radical (unpaired) electrons. The number of carbonyl (C=O) groups is 2. The van der Waals surface area contributed by atoms with E-state index in [0.29, 0.717) is 27.1 Å². The maximum absolute atomic E-state index is 13.1. The predicted octanol–water partition coefficient (Wildman–Crippen LogP) is 6.73. The first-order chi connectivity index (χ1) is 15.9. The summed E-state index contributed by atoms with van der Waals surface area (Å²) < 4.78 is 2.50. The topological polar surface area (TPSA) is 67.2 Å². The third-order valence-electron chi connectivity index (χ3n) is 5.18. The van der Waals surface area contributed by atoms with E-state index < -0.39 is 0 Å². The van der Waals surface area contributed by atoms with E-state index in [1.54, 1.807) is 47.1 Å². The summed E-state index contributed by atoms with van der Waals surface area (Å²) in [5, 5.41) is 8.43. The van der Waals surface area contributed by atoms with Crippen LogP contribution >= 0.6 is 39.1 Å². The summed E-state index contributed by atoms with van der Waals surface area (Å²) >= 11 is 15.7. The summed E-state index contributed by atoms with van der Waals surface area (Å²) in [6.07, 6.45) is 0. The third-order valence-corrected chi connectivity index (χ3v) is 6.45. The molecule has 0 atom stereocenters. The maximum Gasteiger partial charge on any atom is 0.254 e. The van der Waals surface area contributed by atoms with Crippen molar-refractivity contribution in [2.45, 2.75) is 46.1 Å². The molecule has 0 aliphatic rings. The lowest BCUT2D eigenvalue weighted by Crippen LogP contribution is -2.42. The number of benzene rings is 2. The molecular weight excluding hydrogens is 539 g/mol. The zero-order chi connectivity index (χ0) is 25.2. The fraction of sp³-hybridized carbons (Fsp3) is 0.320. The number of hydrogen-bond acceptors (Lipinski definition) is 3. The van der Waals surface area contributed by atoms with Crippen LogP contribution in [0.3, 0.4) is 0 Å². The highest BCUT2D eigenvalue weighted by atomic mass is 79.9. The van der Waals surface area contributed by atoms with Gasteiger partial charge in [-0.25, -0.2) is 4.68 Å². The highest BCUT2D eigenvalue weighted by Gasteiger charge is 2.25. The lowest BCUT2D eigenvalue weighted by molar-refractivity contribution is -0.117. The molecule has 0 fully saturated rings. The van der Waals surface area contributed by atoms with Gasteiger partial charge >= 0.3 is 0 Å². The van der Waals surface area contributed by atoms with Crippen LogP contribution < -0.4 is 5.32 Å². The van der Waals surface area contributed by atoms with Gasteiger partial charge in [-0.05, 0) is 56.3 Å². The molecule has 0 aliphatic heterocycles. The van der Waals surface area contributed by atoms with E-state index in [1.807, 2.05) is 40.7 Å². The van der Waals surface area contributed by atoms with Crippen molar-refractivity contribution >= 4 is 56.8 Å². The Kier molecular flexibility index (Phi) is 8.11. The first-order valence-electron chi connectivity index (χ1n) is 10.8. The molecule has 2 amide bonds. The zero-order valence-corrected chi connectivity index (χ0v) is 22.8. The fourth-order valence-corrected chi connectivity index (χ4v) is 3.79. The van der Waals surface area contributed by atoms with Crippen molar-refractivity contribution in [3.63, 3.8) is 0 Å². The van der Waals surface area contributed by atoms with E-state index in [-0.39, 0.29) is 29.8 Å². The molecule has 9 heteroatoms. The zero-order valence-electron chi connectivity index (χ0n) is 19.7. The Labute approximate surface area is 218 Å². The van der Waals surface area contributed by atoms with Crippen molar-refractivity contribution in [1.82, 2.24) is 14.7 Å². The number of hydrogen-bond donors (Lipinski definition) is 1. The van der Waals surface area contributed by atoms with Gasteiger partial charge in [0.05, 0.1) is 21.4 Å². The number of amides is 2. The van der Waals surface area contributed by atoms with Gasteiger partial charge in [0.25, 0.3) is 5.91 Å². The standard InChI is InChI=1S/C25H27BrCl2N4O2/c1-15(2)31(24(34)16-6-8-17(26)9-7-16)14-23(33)29-22-13-21(25(3,4)5)30-32(22)18-10-11-19(27)20(28)12-18/h6-13,15H,14H2,1-5H3,(H,29,33). The van der Waals surface area contributed by atoms with Crippen LogP contribution in [0.2, 0.25) is 10.0 Å². The number of carbonyl (C=O) groups excluding carboxylic acids is 2. The second-order valence-electron chi connectivity index (χ2n) is 9.26. The van der Waals surface area contributed by atoms with Crippen LogP contribution in [0, 0.1) is 0 Å². The molecule has 1 aromatic heterocycles. The molecule has 0 saturated heterocycles. The third kappa shape index (κ3) is 6.20. The van der Waals surface area contributed by atoms with Crippen LogP contribution in [0.25, 0.3) is 5.69 Å². The first kappa shape index (κ1) is 26.3. The van der Waals surface area contributed by atoms with Gasteiger partial charge < -0.3 is 10.2 Å². The van der Waals surface area contributed by atoms with E-state index in [0.717, 1.165) is 10.2 Å². The monoisotopic (exact) mass is 564 g/mol. The summed E-state index contributed by atoms with van der Waals surface area (Å²) in [4.78, 5) is 27.7. The molecule has 1 heterocycles. The molecule has 0 bridgehead atoms. The van der Waals surface area contributed by atoms with E-state index in [9.17, 15) is 9.59 Å². The smallest absolute Gasteiger partial charge is 0.254 e. The molecule has 1 N–H and O–H groups in total. The molecular formula is C25H27BrCl2N4O2. The number of anilines is 1. The van der Waals surface area contributed by atoms with E-state index in [2.05, 4.69) is 21.2 Å². The number of nitrogens with one attached hydrogen (secondary N) is 1. The number of halogens is 3. The van der Waals surface area contributed by atoms with Crippen LogP contribution in [-0.2, 0) is 10.2 Å². The molecule has 180 valence electrons. The van der Waals surface area contributed by atoms with Gasteiger partial charge in [0.15, 0.2) is 0 Å². The molecule has 0 saturated carbocycles. The van der Waals surface area contributed by atoms with Crippen LogP contribution in [0.4, 0.5) is 5.82 Å². The van der Waals surface area contributed by atoms with E-state index >= 15 is 0 Å². The fourth-order valence-electron chi connectivity index (χ4n) is 3.23. The average molecular weight is 566 g/mol. The van der Waals surface area contributed by atoms with Crippen molar-refractivity contribution < 1.29 is 9.59 Å². The SMILES string of the molecule is CC(C)N(CC(=O)Nc1cc(C(C)(C)C)nn1-c1ccc(Cl)c(Cl)c1)C(=O)c1ccc(Br)cc1. The second-order valence-corrected chi connectivity index (χ2v) is 11.0. The Balaban J connectivity index is 1.88. The quantitative estimate of drug-likeness (QED) is 0.360. The summed E-state index contributed by atoms with van der Waals surface area (Å²) in [5.74, 6) is -0.0695. The van der Waals surface area contributed by atoms with Gasteiger partial charge in [-0.15, -0.1) is 0 Å². The summed E-state index contributed by atoms with van der Waals surface area (Å²) in [7, 11) is 0. The normalized spacial score (nSPS) is 11.6. The molecule has 2 aromatic carbocycles. The summed E-state index contributed by atoms with van der Waals surface area (Å²) in [6, 6.07) is 13.9. The maximum atomic E-state index is 13.1. The highest BCUT2D eigenvalue weighted by Crippen LogP contribution is 2.29. The van der Waals surface area contributed by atoms with Crippen molar-refractivity contribution in [3.05, 3.63) is 74.3 Å². The van der Waals surface area contributed by atoms with Gasteiger partial charge in [-0.1, -0.05) is 59.9 Å². The summed E-state index contributed by atoms with van der Waals surface area (Å²) in [6.45, 7) is 9.76. The van der Waals surface area contributed by atoms with Gasteiger partial charge in [-0.3, -0.25) is 9.59 Å². The molecule has 34 heavy (non-hydrogen) atoms. The van der Waals surface area contributed by atoms with Crippen LogP contribution in [0.5, 0.6) is 0 Å². The molecule has 3 aromatic rings. The Morgan fingerprint density at radius 2 is 1.71 bits per heavy atom. The van der Waals surface area contributed by atoms with Crippen molar-refractivity contribution in [1.29, 1.82) is 0 Å². The largest absolute Gasteiger partial charge is 0.327 e. The van der Waals surface area contributed by atoms with Crippen molar-refractivity contribution in [2.24, 2.45) is 0 Å². The van der Waals surface area contributed by atoms with Crippen molar-refractivity contribution in [3.8, 4) is 5.69 Å². The highest BCUT2D eigenvalue weighted by molar-refractivity contribution is 9.10. The van der Waals surface area contributed by atoms with Gasteiger partial charge in [0.2, 0.25) is 5.91 Å². The second kappa shape index (κ2) is 10.5. The molecule has 6 nitrogen and oxygen atoms in total. The number of aromatic nitrogens is 2. The van der Waals surface area contributed by atoms with Gasteiger partial charge in [-0.2, -0.15) is 5.10 Å². The Hall–Kier alpha value is -2.35. The van der Waals surface area contributed by atoms with Gasteiger partial charge in [0.1, 0.15) is 12.4 Å². The lowest BCUT2D eigenvalue weighted by atomic mass is 9.92. The van der Waals surface area contributed by atoms with Crippen LogP contribution in [0.15, 0.2) is 53.0 Å². The predicted molar refractivity (Wildman–Crippen MR) is 141 cm³/mol. The Morgan fingerprint density at radius 1 is 1.06 bits per heavy atom. The number of rotatable bonds is 6. The molecule has 0 spiro atoms. The number of nitrogens with zero attached hydrogens (tertiary/aromatic N) is 3. The summed E-state index contributed by atoms with van der Waals surface area (Å²) in [5.41, 5.74) is 1.72. The minimum absolute atomic E-state index is 0.107. The van der Waals surface area contributed by atoms with E-state index in [4.69, 9.17) is 28.3 Å². The average Bonchev–Trinajstić information content (AvgIpc) is 3.18. The Bertz CT molecular complexity index is 1200. The minimum Gasteiger partial charge on any atom is -0.327 e. The van der Waals surface area contributed by atoms with Crippen LogP contribution in [-0.4, -0.2) is 39.1 Å². The van der Waals surface area contributed by atoms with E-state index in [1.165, 1.54) is 4.90 Å². The molecule has 3 rings (SSSR count). The van der Waals surface area contributed by atoms with Gasteiger partial charge in [0, 0.05) is 27.6 Å². The molecule has 0 aliphatic carbocycles.